The van der Waals surface area contributed by atoms with Gasteiger partial charge in [0.05, 0.1) is 6.10 Å². The Balaban J connectivity index is 1.94. The maximum Gasteiger partial charge on any atom is 0.0827 e. The van der Waals surface area contributed by atoms with Crippen LogP contribution in [-0.4, -0.2) is 54.2 Å². The van der Waals surface area contributed by atoms with E-state index in [1.807, 2.05) is 30.3 Å². The zero-order chi connectivity index (χ0) is 14.5. The number of likely N-dealkylation sites (N-methyl/N-ethyl adjacent to an activating group) is 1. The van der Waals surface area contributed by atoms with E-state index in [-0.39, 0.29) is 12.0 Å². The van der Waals surface area contributed by atoms with Crippen molar-refractivity contribution in [3.8, 4) is 0 Å². The molecule has 0 bridgehead atoms. The summed E-state index contributed by atoms with van der Waals surface area (Å²) < 4.78 is 0. The molecule has 112 valence electrons. The van der Waals surface area contributed by atoms with Crippen LogP contribution in [0.4, 0.5) is 0 Å². The number of rotatable bonds is 4. The van der Waals surface area contributed by atoms with Gasteiger partial charge in [0.2, 0.25) is 0 Å². The Bertz CT molecular complexity index is 395. The van der Waals surface area contributed by atoms with Crippen molar-refractivity contribution in [2.24, 2.45) is 5.92 Å². The van der Waals surface area contributed by atoms with Crippen LogP contribution in [0.25, 0.3) is 0 Å². The van der Waals surface area contributed by atoms with Crippen LogP contribution in [0, 0.1) is 5.92 Å². The second kappa shape index (κ2) is 7.21. The van der Waals surface area contributed by atoms with Crippen LogP contribution in [0.5, 0.6) is 0 Å². The van der Waals surface area contributed by atoms with Crippen molar-refractivity contribution >= 4 is 0 Å². The third-order valence-electron chi connectivity index (χ3n) is 4.39. The molecule has 1 aliphatic heterocycles. The summed E-state index contributed by atoms with van der Waals surface area (Å²) in [6.07, 6.45) is 0.846. The molecular formula is C17H28N2O. The van der Waals surface area contributed by atoms with Gasteiger partial charge in [-0.3, -0.25) is 4.90 Å². The van der Waals surface area contributed by atoms with Crippen molar-refractivity contribution in [1.29, 1.82) is 0 Å². The molecule has 1 aromatic carbocycles. The molecule has 1 fully saturated rings. The molecule has 1 aromatic rings. The molecule has 20 heavy (non-hydrogen) atoms. The minimum atomic E-state index is -0.371. The first-order chi connectivity index (χ1) is 9.58. The lowest BCUT2D eigenvalue weighted by Crippen LogP contribution is -2.41. The highest BCUT2D eigenvalue weighted by atomic mass is 16.3. The molecule has 3 nitrogen and oxygen atoms in total. The quantitative estimate of drug-likeness (QED) is 0.914. The van der Waals surface area contributed by atoms with E-state index in [2.05, 4.69) is 30.7 Å². The van der Waals surface area contributed by atoms with E-state index >= 15 is 0 Å². The van der Waals surface area contributed by atoms with Crippen molar-refractivity contribution < 1.29 is 5.11 Å². The number of hydrogen-bond donors (Lipinski definition) is 1. The van der Waals surface area contributed by atoms with Gasteiger partial charge >= 0.3 is 0 Å². The molecule has 0 saturated carbocycles. The highest BCUT2D eigenvalue weighted by Crippen LogP contribution is 2.23. The Labute approximate surface area is 123 Å². The molecule has 0 spiro atoms. The van der Waals surface area contributed by atoms with Crippen molar-refractivity contribution in [1.82, 2.24) is 9.80 Å². The second-order valence-corrected chi connectivity index (χ2v) is 6.29. The van der Waals surface area contributed by atoms with E-state index in [1.54, 1.807) is 0 Å². The third kappa shape index (κ3) is 4.05. The lowest BCUT2D eigenvalue weighted by Gasteiger charge is -2.32. The summed E-state index contributed by atoms with van der Waals surface area (Å²) in [6.45, 7) is 8.84. The van der Waals surface area contributed by atoms with Crippen molar-refractivity contribution in [3.05, 3.63) is 35.9 Å². The standard InChI is InChI=1S/C17H28N2O/c1-14(17(20)16-8-5-4-6-9-16)12-19-11-7-10-18(3)13-15(19)2/h4-6,8-9,14-15,17,20H,7,10-13H2,1-3H3. The fourth-order valence-corrected chi connectivity index (χ4v) is 3.14. The minimum absolute atomic E-state index is 0.253. The Kier molecular flexibility index (Phi) is 5.58. The van der Waals surface area contributed by atoms with E-state index < -0.39 is 0 Å². The van der Waals surface area contributed by atoms with E-state index in [9.17, 15) is 5.11 Å². The molecule has 3 heteroatoms. The van der Waals surface area contributed by atoms with Crippen molar-refractivity contribution in [3.63, 3.8) is 0 Å². The number of aliphatic hydroxyl groups is 1. The molecular weight excluding hydrogens is 248 g/mol. The van der Waals surface area contributed by atoms with Gasteiger partial charge in [-0.25, -0.2) is 0 Å². The number of nitrogens with zero attached hydrogens (tertiary/aromatic N) is 2. The predicted molar refractivity (Wildman–Crippen MR) is 83.7 cm³/mol. The average molecular weight is 276 g/mol. The summed E-state index contributed by atoms with van der Waals surface area (Å²) in [5.41, 5.74) is 1.03. The number of benzene rings is 1. The molecule has 1 saturated heterocycles. The summed E-state index contributed by atoms with van der Waals surface area (Å²) in [5, 5.41) is 10.5. The van der Waals surface area contributed by atoms with Crippen molar-refractivity contribution in [2.45, 2.75) is 32.4 Å². The van der Waals surface area contributed by atoms with E-state index in [0.717, 1.165) is 25.2 Å². The fraction of sp³-hybridized carbons (Fsp3) is 0.647. The average Bonchev–Trinajstić information content (AvgIpc) is 2.60. The zero-order valence-electron chi connectivity index (χ0n) is 13.0. The first kappa shape index (κ1) is 15.5. The maximum absolute atomic E-state index is 10.5. The topological polar surface area (TPSA) is 26.7 Å². The van der Waals surface area contributed by atoms with Crippen LogP contribution in [-0.2, 0) is 0 Å². The summed E-state index contributed by atoms with van der Waals surface area (Å²) >= 11 is 0. The van der Waals surface area contributed by atoms with Crippen LogP contribution < -0.4 is 0 Å². The van der Waals surface area contributed by atoms with Gasteiger partial charge in [0.25, 0.3) is 0 Å². The van der Waals surface area contributed by atoms with Crippen LogP contribution in [0.2, 0.25) is 0 Å². The van der Waals surface area contributed by atoms with Gasteiger partial charge in [0.1, 0.15) is 0 Å². The monoisotopic (exact) mass is 276 g/mol. The summed E-state index contributed by atoms with van der Waals surface area (Å²) in [7, 11) is 2.20. The SMILES string of the molecule is CC(CN1CCCN(C)CC1C)C(O)c1ccccc1. The lowest BCUT2D eigenvalue weighted by molar-refractivity contribution is 0.0765. The molecule has 0 amide bonds. The fourth-order valence-electron chi connectivity index (χ4n) is 3.14. The Morgan fingerprint density at radius 3 is 2.65 bits per heavy atom. The van der Waals surface area contributed by atoms with Gasteiger partial charge in [0, 0.05) is 19.1 Å². The van der Waals surface area contributed by atoms with Crippen LogP contribution in [0.3, 0.4) is 0 Å². The Morgan fingerprint density at radius 1 is 1.25 bits per heavy atom. The predicted octanol–water partition coefficient (Wildman–Crippen LogP) is 2.38. The summed E-state index contributed by atoms with van der Waals surface area (Å²) in [6, 6.07) is 10.6. The van der Waals surface area contributed by atoms with Crippen LogP contribution in [0.15, 0.2) is 30.3 Å². The van der Waals surface area contributed by atoms with Gasteiger partial charge in [-0.1, -0.05) is 37.3 Å². The second-order valence-electron chi connectivity index (χ2n) is 6.29. The molecule has 3 unspecified atom stereocenters. The highest BCUT2D eigenvalue weighted by Gasteiger charge is 2.24. The van der Waals surface area contributed by atoms with Crippen LogP contribution in [0.1, 0.15) is 31.9 Å². The van der Waals surface area contributed by atoms with Crippen molar-refractivity contribution in [2.75, 3.05) is 33.2 Å². The van der Waals surface area contributed by atoms with Gasteiger partial charge in [-0.15, -0.1) is 0 Å². The largest absolute Gasteiger partial charge is 0.388 e. The van der Waals surface area contributed by atoms with E-state index in [0.29, 0.717) is 6.04 Å². The smallest absolute Gasteiger partial charge is 0.0827 e. The summed E-state index contributed by atoms with van der Waals surface area (Å²) in [5.74, 6) is 0.253. The Hall–Kier alpha value is -0.900. The number of aliphatic hydroxyl groups excluding tert-OH is 1. The third-order valence-corrected chi connectivity index (χ3v) is 4.39. The normalized spacial score (nSPS) is 25.1. The first-order valence-corrected chi connectivity index (χ1v) is 7.73. The molecule has 3 atom stereocenters. The Morgan fingerprint density at radius 2 is 1.95 bits per heavy atom. The van der Waals surface area contributed by atoms with Gasteiger partial charge < -0.3 is 10.0 Å². The van der Waals surface area contributed by atoms with Gasteiger partial charge in [0.15, 0.2) is 0 Å². The van der Waals surface area contributed by atoms with E-state index in [4.69, 9.17) is 0 Å². The first-order valence-electron chi connectivity index (χ1n) is 7.73. The number of hydrogen-bond acceptors (Lipinski definition) is 3. The molecule has 1 heterocycles. The molecule has 1 N–H and O–H groups in total. The van der Waals surface area contributed by atoms with E-state index in [1.165, 1.54) is 13.0 Å². The molecule has 0 aliphatic carbocycles. The lowest BCUT2D eigenvalue weighted by atomic mass is 9.96. The minimum Gasteiger partial charge on any atom is -0.388 e. The van der Waals surface area contributed by atoms with Crippen LogP contribution >= 0.6 is 0 Å². The summed E-state index contributed by atoms with van der Waals surface area (Å²) in [4.78, 5) is 4.93. The highest BCUT2D eigenvalue weighted by molar-refractivity contribution is 5.17. The molecule has 2 rings (SSSR count). The van der Waals surface area contributed by atoms with Gasteiger partial charge in [-0.2, -0.15) is 0 Å². The molecule has 0 radical (unpaired) electrons. The zero-order valence-corrected chi connectivity index (χ0v) is 13.0. The molecule has 1 aliphatic rings. The maximum atomic E-state index is 10.5. The van der Waals surface area contributed by atoms with Gasteiger partial charge in [-0.05, 0) is 45.0 Å². The molecule has 0 aromatic heterocycles.